The molecule has 3 atom stereocenters. The maximum absolute atomic E-state index is 13.0. The van der Waals surface area contributed by atoms with Crippen LogP contribution in [0.25, 0.3) is 0 Å². The van der Waals surface area contributed by atoms with Crippen LogP contribution in [0.4, 0.5) is 4.79 Å². The van der Waals surface area contributed by atoms with Crippen molar-refractivity contribution in [2.45, 2.75) is 45.4 Å². The van der Waals surface area contributed by atoms with Crippen molar-refractivity contribution in [3.8, 4) is 0 Å². The molecule has 0 unspecified atom stereocenters. The Morgan fingerprint density at radius 2 is 1.48 bits per heavy atom. The van der Waals surface area contributed by atoms with E-state index in [2.05, 4.69) is 10.6 Å². The molecule has 0 saturated carbocycles. The summed E-state index contributed by atoms with van der Waals surface area (Å²) in [5, 5.41) is 5.36. The minimum Gasteiger partial charge on any atom is -0.467 e. The minimum absolute atomic E-state index is 0.0873. The summed E-state index contributed by atoms with van der Waals surface area (Å²) in [6.45, 7) is 3.87. The molecule has 0 spiro atoms. The molecule has 2 amide bonds. The molecule has 0 aromatic heterocycles. The number of benzene rings is 2. The summed E-state index contributed by atoms with van der Waals surface area (Å²) in [7, 11) is 1.28. The zero-order valence-electron chi connectivity index (χ0n) is 18.2. The zero-order chi connectivity index (χ0) is 22.6. The van der Waals surface area contributed by atoms with Gasteiger partial charge >= 0.3 is 12.1 Å². The van der Waals surface area contributed by atoms with Crippen LogP contribution in [0.5, 0.6) is 0 Å². The van der Waals surface area contributed by atoms with Gasteiger partial charge in [-0.05, 0) is 17.0 Å². The fourth-order valence-corrected chi connectivity index (χ4v) is 3.02. The van der Waals surface area contributed by atoms with Gasteiger partial charge in [-0.3, -0.25) is 4.79 Å². The average molecular weight is 427 g/mol. The second kappa shape index (κ2) is 12.4. The van der Waals surface area contributed by atoms with Gasteiger partial charge in [0.1, 0.15) is 18.7 Å². The Hall–Kier alpha value is -3.35. The van der Waals surface area contributed by atoms with Gasteiger partial charge in [0.25, 0.3) is 0 Å². The highest BCUT2D eigenvalue weighted by molar-refractivity contribution is 5.90. The molecule has 166 valence electrons. The summed E-state index contributed by atoms with van der Waals surface area (Å²) in [6, 6.07) is 16.9. The van der Waals surface area contributed by atoms with Gasteiger partial charge in [-0.2, -0.15) is 0 Å². The van der Waals surface area contributed by atoms with Gasteiger partial charge in [0.15, 0.2) is 0 Å². The molecule has 0 saturated heterocycles. The van der Waals surface area contributed by atoms with Crippen molar-refractivity contribution in [1.29, 1.82) is 0 Å². The van der Waals surface area contributed by atoms with Crippen LogP contribution in [0.2, 0.25) is 0 Å². The Morgan fingerprint density at radius 3 is 2.03 bits per heavy atom. The normalized spacial score (nSPS) is 13.4. The number of esters is 1. The number of carbonyl (C=O) groups is 3. The fourth-order valence-electron chi connectivity index (χ4n) is 3.02. The average Bonchev–Trinajstić information content (AvgIpc) is 2.81. The van der Waals surface area contributed by atoms with Crippen LogP contribution in [0, 0.1) is 5.92 Å². The SMILES string of the molecule is CC[C@@H](C)[C@H](NC(=O)[C@@H](Cc1ccccc1)NC(=O)OCc1ccccc1)C(=O)OC. The van der Waals surface area contributed by atoms with Crippen LogP contribution in [0.1, 0.15) is 31.4 Å². The molecular weight excluding hydrogens is 396 g/mol. The Balaban J connectivity index is 2.10. The Morgan fingerprint density at radius 1 is 0.903 bits per heavy atom. The molecule has 7 heteroatoms. The van der Waals surface area contributed by atoms with Gasteiger partial charge < -0.3 is 20.1 Å². The van der Waals surface area contributed by atoms with Crippen molar-refractivity contribution >= 4 is 18.0 Å². The van der Waals surface area contributed by atoms with Crippen LogP contribution in [0.3, 0.4) is 0 Å². The van der Waals surface area contributed by atoms with Crippen molar-refractivity contribution in [3.63, 3.8) is 0 Å². The lowest BCUT2D eigenvalue weighted by atomic mass is 9.98. The van der Waals surface area contributed by atoms with E-state index in [1.807, 2.05) is 74.5 Å². The number of rotatable bonds is 10. The molecule has 0 bridgehead atoms. The molecule has 0 aliphatic carbocycles. The highest BCUT2D eigenvalue weighted by atomic mass is 16.5. The van der Waals surface area contributed by atoms with Gasteiger partial charge in [0, 0.05) is 6.42 Å². The van der Waals surface area contributed by atoms with E-state index in [0.717, 1.165) is 11.1 Å². The van der Waals surface area contributed by atoms with E-state index in [0.29, 0.717) is 6.42 Å². The molecule has 7 nitrogen and oxygen atoms in total. The quantitative estimate of drug-likeness (QED) is 0.569. The van der Waals surface area contributed by atoms with E-state index < -0.39 is 30.1 Å². The Bertz CT molecular complexity index is 842. The number of carbonyl (C=O) groups excluding carboxylic acids is 3. The topological polar surface area (TPSA) is 93.7 Å². The predicted octanol–water partition coefficient (Wildman–Crippen LogP) is 3.23. The first-order valence-electron chi connectivity index (χ1n) is 10.3. The number of hydrogen-bond acceptors (Lipinski definition) is 5. The number of alkyl carbamates (subject to hydrolysis) is 1. The fraction of sp³-hybridized carbons (Fsp3) is 0.375. The first-order chi connectivity index (χ1) is 14.9. The second-order valence-electron chi connectivity index (χ2n) is 7.34. The number of hydrogen-bond donors (Lipinski definition) is 2. The third kappa shape index (κ3) is 7.77. The molecule has 0 heterocycles. The summed E-state index contributed by atoms with van der Waals surface area (Å²) in [6.07, 6.45) is 0.218. The lowest BCUT2D eigenvalue weighted by Crippen LogP contribution is -2.54. The molecule has 2 N–H and O–H groups in total. The summed E-state index contributed by atoms with van der Waals surface area (Å²) in [5.74, 6) is -1.12. The third-order valence-corrected chi connectivity index (χ3v) is 5.07. The second-order valence-corrected chi connectivity index (χ2v) is 7.34. The van der Waals surface area contributed by atoms with Gasteiger partial charge in [-0.1, -0.05) is 80.9 Å². The van der Waals surface area contributed by atoms with Crippen LogP contribution in [0.15, 0.2) is 60.7 Å². The zero-order valence-corrected chi connectivity index (χ0v) is 18.2. The third-order valence-electron chi connectivity index (χ3n) is 5.07. The monoisotopic (exact) mass is 426 g/mol. The molecule has 2 rings (SSSR count). The smallest absolute Gasteiger partial charge is 0.408 e. The van der Waals surface area contributed by atoms with Crippen molar-refractivity contribution in [2.75, 3.05) is 7.11 Å². The molecular formula is C24H30N2O5. The van der Waals surface area contributed by atoms with Crippen LogP contribution < -0.4 is 10.6 Å². The minimum atomic E-state index is -0.915. The predicted molar refractivity (Wildman–Crippen MR) is 117 cm³/mol. The van der Waals surface area contributed by atoms with Crippen molar-refractivity contribution in [3.05, 3.63) is 71.8 Å². The van der Waals surface area contributed by atoms with E-state index in [-0.39, 0.29) is 18.9 Å². The number of methoxy groups -OCH3 is 1. The highest BCUT2D eigenvalue weighted by Gasteiger charge is 2.30. The van der Waals surface area contributed by atoms with Crippen LogP contribution in [-0.4, -0.2) is 37.2 Å². The Labute approximate surface area is 183 Å². The van der Waals surface area contributed by atoms with E-state index in [9.17, 15) is 14.4 Å². The largest absolute Gasteiger partial charge is 0.467 e. The van der Waals surface area contributed by atoms with Crippen molar-refractivity contribution in [1.82, 2.24) is 10.6 Å². The van der Waals surface area contributed by atoms with Gasteiger partial charge in [0.05, 0.1) is 7.11 Å². The molecule has 0 radical (unpaired) electrons. The van der Waals surface area contributed by atoms with Crippen LogP contribution in [-0.2, 0) is 32.1 Å². The maximum Gasteiger partial charge on any atom is 0.408 e. The molecule has 0 fully saturated rings. The number of amides is 2. The molecule has 0 aliphatic heterocycles. The maximum atomic E-state index is 13.0. The van der Waals surface area contributed by atoms with Crippen LogP contribution >= 0.6 is 0 Å². The lowest BCUT2D eigenvalue weighted by Gasteiger charge is -2.25. The summed E-state index contributed by atoms with van der Waals surface area (Å²) >= 11 is 0. The van der Waals surface area contributed by atoms with E-state index >= 15 is 0 Å². The first-order valence-corrected chi connectivity index (χ1v) is 10.3. The lowest BCUT2D eigenvalue weighted by molar-refractivity contribution is -0.146. The molecule has 2 aromatic carbocycles. The summed E-state index contributed by atoms with van der Waals surface area (Å²) in [5.41, 5.74) is 1.70. The van der Waals surface area contributed by atoms with Gasteiger partial charge in [-0.25, -0.2) is 9.59 Å². The van der Waals surface area contributed by atoms with Gasteiger partial charge in [0.2, 0.25) is 5.91 Å². The van der Waals surface area contributed by atoms with E-state index in [4.69, 9.17) is 9.47 Å². The van der Waals surface area contributed by atoms with Gasteiger partial charge in [-0.15, -0.1) is 0 Å². The van der Waals surface area contributed by atoms with E-state index in [1.165, 1.54) is 7.11 Å². The number of ether oxygens (including phenoxy) is 2. The summed E-state index contributed by atoms with van der Waals surface area (Å²) in [4.78, 5) is 37.6. The molecule has 31 heavy (non-hydrogen) atoms. The van der Waals surface area contributed by atoms with E-state index in [1.54, 1.807) is 0 Å². The standard InChI is InChI=1S/C24H30N2O5/c1-4-17(2)21(23(28)30-3)26-22(27)20(15-18-11-7-5-8-12-18)25-24(29)31-16-19-13-9-6-10-14-19/h5-14,17,20-21H,4,15-16H2,1-3H3,(H,25,29)(H,26,27)/t17-,20-,21+/m1/s1. The first kappa shape index (κ1) is 23.9. The molecule has 2 aromatic rings. The molecule has 0 aliphatic rings. The summed E-state index contributed by atoms with van der Waals surface area (Å²) < 4.78 is 10.1. The number of nitrogens with one attached hydrogen (secondary N) is 2. The highest BCUT2D eigenvalue weighted by Crippen LogP contribution is 2.11. The van der Waals surface area contributed by atoms with Crippen molar-refractivity contribution < 1.29 is 23.9 Å². The Kier molecular flexibility index (Phi) is 9.55. The van der Waals surface area contributed by atoms with Crippen molar-refractivity contribution in [2.24, 2.45) is 5.92 Å².